The topological polar surface area (TPSA) is 56.5 Å². The highest BCUT2D eigenvalue weighted by Gasteiger charge is 2.10. The number of rotatable bonds is 8. The second kappa shape index (κ2) is 8.06. The molecule has 3 N–H and O–H groups in total. The molecule has 1 aromatic rings. The van der Waals surface area contributed by atoms with E-state index in [1.165, 1.54) is 0 Å². The van der Waals surface area contributed by atoms with E-state index in [4.69, 9.17) is 15.3 Å². The Hall–Kier alpha value is -1.10. The maximum atomic E-state index is 5.54. The van der Waals surface area contributed by atoms with Gasteiger partial charge in [-0.25, -0.2) is 0 Å². The summed E-state index contributed by atoms with van der Waals surface area (Å²) in [4.78, 5) is 0. The van der Waals surface area contributed by atoms with Gasteiger partial charge in [0.15, 0.2) is 0 Å². The predicted molar refractivity (Wildman–Crippen MR) is 68.8 cm³/mol. The highest BCUT2D eigenvalue weighted by atomic mass is 16.5. The monoisotopic (exact) mass is 238 g/mol. The van der Waals surface area contributed by atoms with Crippen LogP contribution in [0, 0.1) is 0 Å². The lowest BCUT2D eigenvalue weighted by molar-refractivity contribution is 0.112. The average Bonchev–Trinajstić information content (AvgIpc) is 2.35. The molecule has 1 aromatic carbocycles. The third kappa shape index (κ3) is 4.73. The summed E-state index contributed by atoms with van der Waals surface area (Å²) in [6, 6.07) is 7.91. The fourth-order valence-electron chi connectivity index (χ4n) is 1.57. The lowest BCUT2D eigenvalue weighted by Crippen LogP contribution is -2.31. The minimum Gasteiger partial charge on any atom is -0.494 e. The predicted octanol–water partition coefficient (Wildman–Crippen LogP) is 2.02. The molecule has 1 rings (SSSR count). The van der Waals surface area contributed by atoms with Crippen LogP contribution in [-0.4, -0.2) is 19.8 Å². The van der Waals surface area contributed by atoms with E-state index >= 15 is 0 Å². The minimum atomic E-state index is 0.00181. The Balaban J connectivity index is 2.63. The van der Waals surface area contributed by atoms with Crippen LogP contribution in [0.3, 0.4) is 0 Å². The van der Waals surface area contributed by atoms with Crippen molar-refractivity contribution in [3.05, 3.63) is 29.8 Å². The first-order valence-corrected chi connectivity index (χ1v) is 6.08. The van der Waals surface area contributed by atoms with Crippen LogP contribution >= 0.6 is 0 Å². The Bertz CT molecular complexity index is 318. The molecule has 1 atom stereocenters. The number of hydrogen-bond acceptors (Lipinski definition) is 4. The van der Waals surface area contributed by atoms with Crippen molar-refractivity contribution in [1.82, 2.24) is 5.43 Å². The maximum absolute atomic E-state index is 5.54. The van der Waals surface area contributed by atoms with Gasteiger partial charge in [-0.3, -0.25) is 11.3 Å². The Kier molecular flexibility index (Phi) is 6.62. The Labute approximate surface area is 103 Å². The van der Waals surface area contributed by atoms with Gasteiger partial charge in [0.05, 0.1) is 19.3 Å². The highest BCUT2D eigenvalue weighted by Crippen LogP contribution is 2.19. The zero-order valence-corrected chi connectivity index (χ0v) is 10.6. The summed E-state index contributed by atoms with van der Waals surface area (Å²) in [5.41, 5.74) is 3.84. The van der Waals surface area contributed by atoms with Crippen molar-refractivity contribution >= 4 is 0 Å². The molecule has 1 unspecified atom stereocenters. The smallest absolute Gasteiger partial charge is 0.119 e. The highest BCUT2D eigenvalue weighted by molar-refractivity contribution is 5.30. The van der Waals surface area contributed by atoms with Gasteiger partial charge >= 0.3 is 0 Å². The van der Waals surface area contributed by atoms with Gasteiger partial charge in [0.25, 0.3) is 0 Å². The van der Waals surface area contributed by atoms with E-state index < -0.39 is 0 Å². The SMILES string of the molecule is CCCOCC(NN)c1cccc(OCC)c1. The molecule has 0 fully saturated rings. The number of benzene rings is 1. The van der Waals surface area contributed by atoms with Crippen LogP contribution in [0.4, 0.5) is 0 Å². The van der Waals surface area contributed by atoms with Gasteiger partial charge < -0.3 is 9.47 Å². The number of ether oxygens (including phenoxy) is 2. The quantitative estimate of drug-likeness (QED) is 0.413. The molecule has 0 amide bonds. The Morgan fingerprint density at radius 1 is 1.35 bits per heavy atom. The molecule has 0 aliphatic rings. The van der Waals surface area contributed by atoms with Crippen molar-refractivity contribution in [3.8, 4) is 5.75 Å². The van der Waals surface area contributed by atoms with Gasteiger partial charge in [-0.1, -0.05) is 19.1 Å². The second-order valence-corrected chi connectivity index (χ2v) is 3.80. The molecule has 4 heteroatoms. The Morgan fingerprint density at radius 2 is 2.18 bits per heavy atom. The van der Waals surface area contributed by atoms with Gasteiger partial charge in [-0.05, 0) is 31.0 Å². The van der Waals surface area contributed by atoms with Crippen LogP contribution in [0.25, 0.3) is 0 Å². The first kappa shape index (κ1) is 14.0. The zero-order chi connectivity index (χ0) is 12.5. The summed E-state index contributed by atoms with van der Waals surface area (Å²) in [6.07, 6.45) is 1.01. The first-order valence-electron chi connectivity index (χ1n) is 6.08. The summed E-state index contributed by atoms with van der Waals surface area (Å²) >= 11 is 0. The molecule has 0 saturated heterocycles. The molecule has 17 heavy (non-hydrogen) atoms. The fourth-order valence-corrected chi connectivity index (χ4v) is 1.57. The van der Waals surface area contributed by atoms with E-state index in [0.29, 0.717) is 13.2 Å². The maximum Gasteiger partial charge on any atom is 0.119 e. The molecule has 0 saturated carbocycles. The third-order valence-electron chi connectivity index (χ3n) is 2.41. The van der Waals surface area contributed by atoms with E-state index in [9.17, 15) is 0 Å². The van der Waals surface area contributed by atoms with Crippen LogP contribution in [-0.2, 0) is 4.74 Å². The lowest BCUT2D eigenvalue weighted by atomic mass is 10.1. The summed E-state index contributed by atoms with van der Waals surface area (Å²) < 4.78 is 11.0. The van der Waals surface area contributed by atoms with Crippen LogP contribution < -0.4 is 16.0 Å². The largest absolute Gasteiger partial charge is 0.494 e. The van der Waals surface area contributed by atoms with E-state index in [1.54, 1.807) is 0 Å². The minimum absolute atomic E-state index is 0.00181. The van der Waals surface area contributed by atoms with Crippen molar-refractivity contribution < 1.29 is 9.47 Å². The van der Waals surface area contributed by atoms with Crippen molar-refractivity contribution in [2.24, 2.45) is 5.84 Å². The molecule has 0 aromatic heterocycles. The summed E-state index contributed by atoms with van der Waals surface area (Å²) in [7, 11) is 0. The summed E-state index contributed by atoms with van der Waals surface area (Å²) in [5.74, 6) is 6.40. The molecule has 0 bridgehead atoms. The van der Waals surface area contributed by atoms with E-state index in [-0.39, 0.29) is 6.04 Å². The van der Waals surface area contributed by atoms with E-state index in [2.05, 4.69) is 12.3 Å². The second-order valence-electron chi connectivity index (χ2n) is 3.80. The van der Waals surface area contributed by atoms with Crippen LogP contribution in [0.2, 0.25) is 0 Å². The van der Waals surface area contributed by atoms with Crippen molar-refractivity contribution in [2.75, 3.05) is 19.8 Å². The standard InChI is InChI=1S/C13H22N2O2/c1-3-8-16-10-13(15-14)11-6-5-7-12(9-11)17-4-2/h5-7,9,13,15H,3-4,8,10,14H2,1-2H3. The molecule has 0 spiro atoms. The number of hydrazine groups is 1. The van der Waals surface area contributed by atoms with Crippen LogP contribution in [0.1, 0.15) is 31.9 Å². The van der Waals surface area contributed by atoms with Gasteiger partial charge in [-0.15, -0.1) is 0 Å². The fraction of sp³-hybridized carbons (Fsp3) is 0.538. The molecule has 96 valence electrons. The third-order valence-corrected chi connectivity index (χ3v) is 2.41. The molecule has 0 radical (unpaired) electrons. The molecular weight excluding hydrogens is 216 g/mol. The molecule has 0 heterocycles. The van der Waals surface area contributed by atoms with Gasteiger partial charge in [0.1, 0.15) is 5.75 Å². The normalized spacial score (nSPS) is 12.4. The van der Waals surface area contributed by atoms with E-state index in [0.717, 1.165) is 24.3 Å². The number of nitrogens with two attached hydrogens (primary N) is 1. The molecular formula is C13H22N2O2. The first-order chi connectivity index (χ1) is 8.31. The molecule has 0 aliphatic heterocycles. The van der Waals surface area contributed by atoms with Crippen LogP contribution in [0.5, 0.6) is 5.75 Å². The van der Waals surface area contributed by atoms with Gasteiger partial charge in [-0.2, -0.15) is 0 Å². The zero-order valence-electron chi connectivity index (χ0n) is 10.6. The van der Waals surface area contributed by atoms with Gasteiger partial charge in [0.2, 0.25) is 0 Å². The van der Waals surface area contributed by atoms with Gasteiger partial charge in [0, 0.05) is 6.61 Å². The summed E-state index contributed by atoms with van der Waals surface area (Å²) in [5, 5.41) is 0. The molecule has 0 aliphatic carbocycles. The lowest BCUT2D eigenvalue weighted by Gasteiger charge is -2.17. The average molecular weight is 238 g/mol. The summed E-state index contributed by atoms with van der Waals surface area (Å²) in [6.45, 7) is 6.04. The number of hydrogen-bond donors (Lipinski definition) is 2. The van der Waals surface area contributed by atoms with Crippen molar-refractivity contribution in [2.45, 2.75) is 26.3 Å². The van der Waals surface area contributed by atoms with Crippen LogP contribution in [0.15, 0.2) is 24.3 Å². The number of nitrogens with one attached hydrogen (secondary N) is 1. The molecule has 4 nitrogen and oxygen atoms in total. The van der Waals surface area contributed by atoms with E-state index in [1.807, 2.05) is 31.2 Å². The van der Waals surface area contributed by atoms with Crippen molar-refractivity contribution in [3.63, 3.8) is 0 Å². The van der Waals surface area contributed by atoms with Crippen molar-refractivity contribution in [1.29, 1.82) is 0 Å². The Morgan fingerprint density at radius 3 is 2.82 bits per heavy atom.